The summed E-state index contributed by atoms with van der Waals surface area (Å²) in [4.78, 5) is 2.23. The van der Waals surface area contributed by atoms with E-state index >= 15 is 0 Å². The molecule has 1 aliphatic heterocycles. The van der Waals surface area contributed by atoms with E-state index in [0.29, 0.717) is 6.04 Å². The summed E-state index contributed by atoms with van der Waals surface area (Å²) in [5.41, 5.74) is 3.38. The van der Waals surface area contributed by atoms with Gasteiger partial charge in [-0.25, -0.2) is 4.39 Å². The molecule has 4 heteroatoms. The van der Waals surface area contributed by atoms with Crippen molar-refractivity contribution < 1.29 is 4.39 Å². The molecule has 1 saturated heterocycles. The lowest BCUT2D eigenvalue weighted by Gasteiger charge is -2.20. The Morgan fingerprint density at radius 2 is 1.95 bits per heavy atom. The lowest BCUT2D eigenvalue weighted by atomic mass is 10.2. The zero-order chi connectivity index (χ0) is 14.8. The van der Waals surface area contributed by atoms with Crippen LogP contribution in [0.15, 0.2) is 42.5 Å². The first-order valence-corrected chi connectivity index (χ1v) is 7.53. The molecule has 0 amide bonds. The van der Waals surface area contributed by atoms with E-state index in [1.807, 2.05) is 0 Å². The smallest absolute Gasteiger partial charge is 0.141 e. The second-order valence-electron chi connectivity index (χ2n) is 5.54. The Hall–Kier alpha value is -1.74. The van der Waals surface area contributed by atoms with Gasteiger partial charge in [0.05, 0.1) is 5.02 Å². The first kappa shape index (κ1) is 14.2. The highest BCUT2D eigenvalue weighted by molar-refractivity contribution is 6.31. The van der Waals surface area contributed by atoms with Gasteiger partial charge in [-0.1, -0.05) is 29.3 Å². The molecule has 0 unspecified atom stereocenters. The highest BCUT2D eigenvalue weighted by atomic mass is 35.5. The van der Waals surface area contributed by atoms with Gasteiger partial charge in [-0.05, 0) is 43.7 Å². The zero-order valence-electron chi connectivity index (χ0n) is 11.9. The molecular formula is C17H18ClFN2. The van der Waals surface area contributed by atoms with E-state index < -0.39 is 0 Å². The zero-order valence-corrected chi connectivity index (χ0v) is 12.7. The Labute approximate surface area is 129 Å². The number of nitrogens with one attached hydrogen (secondary N) is 1. The summed E-state index contributed by atoms with van der Waals surface area (Å²) in [5.74, 6) is -0.367. The van der Waals surface area contributed by atoms with E-state index in [-0.39, 0.29) is 10.8 Å². The van der Waals surface area contributed by atoms with Crippen LogP contribution in [0.2, 0.25) is 5.02 Å². The number of rotatable bonds is 3. The molecule has 2 nitrogen and oxygen atoms in total. The predicted octanol–water partition coefficient (Wildman–Crippen LogP) is 4.48. The van der Waals surface area contributed by atoms with E-state index in [4.69, 9.17) is 11.6 Å². The maximum atomic E-state index is 13.2. The monoisotopic (exact) mass is 304 g/mol. The van der Waals surface area contributed by atoms with Crippen LogP contribution in [-0.2, 0) is 0 Å². The summed E-state index contributed by atoms with van der Waals surface area (Å²) in [7, 11) is 0. The van der Waals surface area contributed by atoms with Crippen LogP contribution >= 0.6 is 11.6 Å². The third-order valence-electron chi connectivity index (χ3n) is 3.88. The van der Waals surface area contributed by atoms with Gasteiger partial charge in [0.1, 0.15) is 5.82 Å². The van der Waals surface area contributed by atoms with Gasteiger partial charge in [0.15, 0.2) is 0 Å². The molecule has 0 aromatic heterocycles. The molecule has 1 N–H and O–H groups in total. The Bertz CT molecular complexity index is 627. The normalized spacial score (nSPS) is 18.0. The molecule has 1 fully saturated rings. The van der Waals surface area contributed by atoms with Crippen LogP contribution in [0.1, 0.15) is 12.0 Å². The molecule has 3 rings (SSSR count). The minimum Gasteiger partial charge on any atom is -0.380 e. The molecule has 2 aromatic carbocycles. The quantitative estimate of drug-likeness (QED) is 0.899. The van der Waals surface area contributed by atoms with Crippen molar-refractivity contribution in [2.45, 2.75) is 19.4 Å². The molecule has 0 spiro atoms. The number of halogens is 2. The van der Waals surface area contributed by atoms with Gasteiger partial charge in [-0.15, -0.1) is 0 Å². The van der Waals surface area contributed by atoms with Crippen molar-refractivity contribution in [3.05, 3.63) is 58.9 Å². The summed E-state index contributed by atoms with van der Waals surface area (Å²) in [6.45, 7) is 3.93. The fourth-order valence-electron chi connectivity index (χ4n) is 2.68. The van der Waals surface area contributed by atoms with Crippen LogP contribution < -0.4 is 10.2 Å². The topological polar surface area (TPSA) is 15.3 Å². The van der Waals surface area contributed by atoms with Crippen LogP contribution in [0.4, 0.5) is 15.8 Å². The molecule has 21 heavy (non-hydrogen) atoms. The van der Waals surface area contributed by atoms with Crippen LogP contribution in [0.5, 0.6) is 0 Å². The van der Waals surface area contributed by atoms with E-state index in [0.717, 1.165) is 30.9 Å². The van der Waals surface area contributed by atoms with Gasteiger partial charge in [0.2, 0.25) is 0 Å². The number of benzene rings is 2. The van der Waals surface area contributed by atoms with Crippen molar-refractivity contribution in [1.29, 1.82) is 0 Å². The fourth-order valence-corrected chi connectivity index (χ4v) is 2.85. The Balaban J connectivity index is 1.64. The van der Waals surface area contributed by atoms with Crippen molar-refractivity contribution in [3.8, 4) is 0 Å². The lowest BCUT2D eigenvalue weighted by Crippen LogP contribution is -2.25. The third kappa shape index (κ3) is 3.30. The van der Waals surface area contributed by atoms with E-state index in [9.17, 15) is 4.39 Å². The number of hydrogen-bond acceptors (Lipinski definition) is 2. The van der Waals surface area contributed by atoms with Crippen LogP contribution in [0.3, 0.4) is 0 Å². The van der Waals surface area contributed by atoms with Gasteiger partial charge in [-0.2, -0.15) is 0 Å². The standard InChI is InChI=1S/C17H18ClFN2/c1-12-2-4-13(5-3-12)20-14-8-9-21(11-14)15-6-7-17(19)16(18)10-15/h2-7,10,14,20H,8-9,11H2,1H3/t14-/m0/s1. The molecule has 2 aromatic rings. The van der Waals surface area contributed by atoms with Crippen molar-refractivity contribution in [3.63, 3.8) is 0 Å². The minimum atomic E-state index is -0.367. The summed E-state index contributed by atoms with van der Waals surface area (Å²) in [5, 5.41) is 3.73. The first-order chi connectivity index (χ1) is 10.1. The Morgan fingerprint density at radius 3 is 2.67 bits per heavy atom. The number of anilines is 2. The first-order valence-electron chi connectivity index (χ1n) is 7.15. The number of nitrogens with zero attached hydrogens (tertiary/aromatic N) is 1. The van der Waals surface area contributed by atoms with Crippen LogP contribution in [0.25, 0.3) is 0 Å². The molecule has 0 radical (unpaired) electrons. The summed E-state index contributed by atoms with van der Waals surface area (Å²) in [6, 6.07) is 13.7. The van der Waals surface area contributed by atoms with E-state index in [1.54, 1.807) is 12.1 Å². The molecule has 1 aliphatic rings. The molecular weight excluding hydrogens is 287 g/mol. The van der Waals surface area contributed by atoms with Crippen molar-refractivity contribution in [1.82, 2.24) is 0 Å². The third-order valence-corrected chi connectivity index (χ3v) is 4.17. The van der Waals surface area contributed by atoms with Crippen molar-refractivity contribution in [2.75, 3.05) is 23.3 Å². The fraction of sp³-hybridized carbons (Fsp3) is 0.294. The van der Waals surface area contributed by atoms with Crippen molar-refractivity contribution >= 4 is 23.0 Å². The summed E-state index contributed by atoms with van der Waals surface area (Å²) < 4.78 is 13.2. The minimum absolute atomic E-state index is 0.183. The van der Waals surface area contributed by atoms with Crippen LogP contribution in [0, 0.1) is 12.7 Å². The second kappa shape index (κ2) is 5.94. The molecule has 0 bridgehead atoms. The second-order valence-corrected chi connectivity index (χ2v) is 5.95. The highest BCUT2D eigenvalue weighted by Crippen LogP contribution is 2.26. The SMILES string of the molecule is Cc1ccc(N[C@H]2CCN(c3ccc(F)c(Cl)c3)C2)cc1. The average Bonchev–Trinajstić information content (AvgIpc) is 2.93. The molecule has 1 atom stereocenters. The highest BCUT2D eigenvalue weighted by Gasteiger charge is 2.23. The number of hydrogen-bond donors (Lipinski definition) is 1. The van der Waals surface area contributed by atoms with Crippen LogP contribution in [-0.4, -0.2) is 19.1 Å². The van der Waals surface area contributed by atoms with Gasteiger partial charge in [0, 0.05) is 30.5 Å². The maximum absolute atomic E-state index is 13.2. The largest absolute Gasteiger partial charge is 0.380 e. The Kier molecular flexibility index (Phi) is 4.02. The average molecular weight is 305 g/mol. The molecule has 0 saturated carbocycles. The summed E-state index contributed by atoms with van der Waals surface area (Å²) >= 11 is 5.86. The van der Waals surface area contributed by atoms with Crippen molar-refractivity contribution in [2.24, 2.45) is 0 Å². The van der Waals surface area contributed by atoms with Gasteiger partial charge in [0.25, 0.3) is 0 Å². The predicted molar refractivity (Wildman–Crippen MR) is 86.8 cm³/mol. The van der Waals surface area contributed by atoms with Gasteiger partial charge in [-0.3, -0.25) is 0 Å². The lowest BCUT2D eigenvalue weighted by molar-refractivity contribution is 0.628. The summed E-state index contributed by atoms with van der Waals surface area (Å²) in [6.07, 6.45) is 1.06. The van der Waals surface area contributed by atoms with E-state index in [1.165, 1.54) is 11.6 Å². The molecule has 1 heterocycles. The molecule has 110 valence electrons. The van der Waals surface area contributed by atoms with Gasteiger partial charge < -0.3 is 10.2 Å². The number of aryl methyl sites for hydroxylation is 1. The Morgan fingerprint density at radius 1 is 1.19 bits per heavy atom. The van der Waals surface area contributed by atoms with E-state index in [2.05, 4.69) is 41.4 Å². The molecule has 0 aliphatic carbocycles. The van der Waals surface area contributed by atoms with Gasteiger partial charge >= 0.3 is 0 Å². The maximum Gasteiger partial charge on any atom is 0.141 e.